The van der Waals surface area contributed by atoms with Crippen LogP contribution in [0.2, 0.25) is 0 Å². The summed E-state index contributed by atoms with van der Waals surface area (Å²) in [5, 5.41) is 10.6. The van der Waals surface area contributed by atoms with E-state index < -0.39 is 13.7 Å². The van der Waals surface area contributed by atoms with Crippen LogP contribution >= 0.6 is 7.82 Å². The number of rotatable bonds is 0. The minimum atomic E-state index is -3.53. The number of benzene rings is 1. The van der Waals surface area contributed by atoms with Crippen molar-refractivity contribution in [3.8, 4) is 5.88 Å². The SMILES string of the molecule is Cn1nc2c3c1Nc1ccccc1NC31OP(=O)(O2)O1. The van der Waals surface area contributed by atoms with E-state index in [0.717, 1.165) is 11.4 Å². The van der Waals surface area contributed by atoms with Gasteiger partial charge < -0.3 is 15.2 Å². The second kappa shape index (κ2) is 3.01. The number of fused-ring (bicyclic) bond motifs is 1. The zero-order valence-electron chi connectivity index (χ0n) is 10.3. The Kier molecular flexibility index (Phi) is 1.61. The molecule has 5 heterocycles. The van der Waals surface area contributed by atoms with E-state index in [4.69, 9.17) is 13.6 Å². The van der Waals surface area contributed by atoms with Crippen LogP contribution in [-0.2, 0) is 26.6 Å². The maximum Gasteiger partial charge on any atom is 0.539 e. The van der Waals surface area contributed by atoms with Gasteiger partial charge in [0, 0.05) is 7.05 Å². The quantitative estimate of drug-likeness (QED) is 0.720. The predicted octanol–water partition coefficient (Wildman–Crippen LogP) is 2.25. The molecule has 8 nitrogen and oxygen atoms in total. The third kappa shape index (κ3) is 1.10. The fraction of sp³-hybridized carbons (Fsp3) is 0.182. The van der Waals surface area contributed by atoms with Gasteiger partial charge in [-0.3, -0.25) is 0 Å². The number of anilines is 3. The molecule has 4 aliphatic heterocycles. The zero-order valence-corrected chi connectivity index (χ0v) is 11.2. The van der Waals surface area contributed by atoms with Crippen LogP contribution in [0.3, 0.4) is 0 Å². The molecule has 0 amide bonds. The zero-order chi connectivity index (χ0) is 13.5. The molecule has 0 atom stereocenters. The normalized spacial score (nSPS) is 31.6. The highest BCUT2D eigenvalue weighted by Crippen LogP contribution is 2.74. The summed E-state index contributed by atoms with van der Waals surface area (Å²) < 4.78 is 29.7. The summed E-state index contributed by atoms with van der Waals surface area (Å²) in [6.45, 7) is 0. The molecule has 4 aliphatic rings. The first-order valence-corrected chi connectivity index (χ1v) is 7.48. The molecule has 1 aromatic carbocycles. The molecule has 9 heteroatoms. The van der Waals surface area contributed by atoms with Crippen molar-refractivity contribution < 1.29 is 18.1 Å². The molecule has 20 heavy (non-hydrogen) atoms. The molecular weight excluding hydrogens is 283 g/mol. The molecular formula is C11H9N4O4P. The van der Waals surface area contributed by atoms with E-state index >= 15 is 0 Å². The van der Waals surface area contributed by atoms with Gasteiger partial charge in [0.15, 0.2) is 0 Å². The standard InChI is InChI=1S/C11H9N4O4P/c1-15-9-8-10(14-15)17-20(16)18-11(8,19-20)13-7-5-3-2-4-6(7)12-9/h2-5,12-13H,1H3. The highest BCUT2D eigenvalue weighted by molar-refractivity contribution is 7.50. The van der Waals surface area contributed by atoms with E-state index in [-0.39, 0.29) is 5.88 Å². The van der Waals surface area contributed by atoms with E-state index in [1.165, 1.54) is 0 Å². The molecule has 0 radical (unpaired) electrons. The first-order valence-electron chi connectivity index (χ1n) is 6.01. The Morgan fingerprint density at radius 3 is 2.85 bits per heavy atom. The van der Waals surface area contributed by atoms with Gasteiger partial charge in [0.25, 0.3) is 5.88 Å². The number of nitrogens with zero attached hydrogens (tertiary/aromatic N) is 2. The highest BCUT2D eigenvalue weighted by Gasteiger charge is 2.68. The lowest BCUT2D eigenvalue weighted by Crippen LogP contribution is -2.50. The van der Waals surface area contributed by atoms with Gasteiger partial charge in [-0.05, 0) is 12.1 Å². The van der Waals surface area contributed by atoms with Crippen molar-refractivity contribution in [3.05, 3.63) is 29.8 Å². The molecule has 2 bridgehead atoms. The topological polar surface area (TPSA) is 86.6 Å². The van der Waals surface area contributed by atoms with Crippen molar-refractivity contribution in [1.29, 1.82) is 0 Å². The first-order chi connectivity index (χ1) is 9.59. The largest absolute Gasteiger partial charge is 0.539 e. The van der Waals surface area contributed by atoms with E-state index in [1.54, 1.807) is 11.7 Å². The van der Waals surface area contributed by atoms with Crippen molar-refractivity contribution in [1.82, 2.24) is 9.78 Å². The molecule has 0 aliphatic carbocycles. The number of para-hydroxylation sites is 2. The average molecular weight is 292 g/mol. The molecule has 2 N–H and O–H groups in total. The summed E-state index contributed by atoms with van der Waals surface area (Å²) in [4.78, 5) is 0. The predicted molar refractivity (Wildman–Crippen MR) is 68.6 cm³/mol. The second-order valence-corrected chi connectivity index (χ2v) is 6.23. The monoisotopic (exact) mass is 292 g/mol. The lowest BCUT2D eigenvalue weighted by Gasteiger charge is -2.47. The lowest BCUT2D eigenvalue weighted by atomic mass is 10.2. The Bertz CT molecular complexity index is 807. The summed E-state index contributed by atoms with van der Waals surface area (Å²) in [5.74, 6) is -0.369. The molecule has 1 saturated heterocycles. The fourth-order valence-corrected chi connectivity index (χ4v) is 4.01. The van der Waals surface area contributed by atoms with Gasteiger partial charge in [-0.25, -0.2) is 18.3 Å². The van der Waals surface area contributed by atoms with Crippen LogP contribution in [0.5, 0.6) is 5.88 Å². The molecule has 102 valence electrons. The second-order valence-electron chi connectivity index (χ2n) is 4.79. The number of phosphoric acid groups is 1. The third-order valence-corrected chi connectivity index (χ3v) is 4.86. The minimum Gasteiger partial charge on any atom is -0.383 e. The molecule has 1 spiro atoms. The Labute approximate surface area is 113 Å². The van der Waals surface area contributed by atoms with Crippen molar-refractivity contribution in [3.63, 3.8) is 0 Å². The van der Waals surface area contributed by atoms with Crippen LogP contribution in [-0.4, -0.2) is 9.78 Å². The van der Waals surface area contributed by atoms with Gasteiger partial charge in [0.2, 0.25) is 0 Å². The average Bonchev–Trinajstić information content (AvgIpc) is 2.59. The summed E-state index contributed by atoms with van der Waals surface area (Å²) >= 11 is 0. The number of nitrogens with one attached hydrogen (secondary N) is 2. The van der Waals surface area contributed by atoms with Crippen LogP contribution in [0.4, 0.5) is 17.2 Å². The van der Waals surface area contributed by atoms with E-state index in [0.29, 0.717) is 11.4 Å². The van der Waals surface area contributed by atoms with Gasteiger partial charge in [-0.1, -0.05) is 12.1 Å². The van der Waals surface area contributed by atoms with Gasteiger partial charge in [0.05, 0.1) is 11.4 Å². The smallest absolute Gasteiger partial charge is 0.383 e. The molecule has 2 aromatic rings. The number of hydrogen-bond acceptors (Lipinski definition) is 7. The maximum atomic E-state index is 12.0. The number of hydrogen-bond donors (Lipinski definition) is 2. The van der Waals surface area contributed by atoms with Crippen LogP contribution < -0.4 is 15.2 Å². The Morgan fingerprint density at radius 1 is 1.30 bits per heavy atom. The van der Waals surface area contributed by atoms with E-state index in [1.807, 2.05) is 24.3 Å². The molecule has 6 rings (SSSR count). The van der Waals surface area contributed by atoms with Gasteiger partial charge >= 0.3 is 13.7 Å². The summed E-state index contributed by atoms with van der Waals surface area (Å²) in [6.07, 6.45) is 0. The Hall–Kier alpha value is -2.02. The highest BCUT2D eigenvalue weighted by atomic mass is 31.2. The van der Waals surface area contributed by atoms with E-state index in [9.17, 15) is 4.57 Å². The summed E-state index contributed by atoms with van der Waals surface area (Å²) in [5.41, 5.74) is 2.19. The number of aryl methyl sites for hydroxylation is 1. The van der Waals surface area contributed by atoms with Crippen molar-refractivity contribution >= 4 is 25.0 Å². The summed E-state index contributed by atoms with van der Waals surface area (Å²) in [7, 11) is -1.76. The number of phosphoric ester groups is 1. The van der Waals surface area contributed by atoms with Crippen molar-refractivity contribution in [2.75, 3.05) is 10.6 Å². The Balaban J connectivity index is 1.82. The van der Waals surface area contributed by atoms with Crippen molar-refractivity contribution in [2.45, 2.75) is 5.91 Å². The van der Waals surface area contributed by atoms with Gasteiger partial charge in [0.1, 0.15) is 11.4 Å². The van der Waals surface area contributed by atoms with Crippen LogP contribution in [0.15, 0.2) is 24.3 Å². The molecule has 0 unspecified atom stereocenters. The summed E-state index contributed by atoms with van der Waals surface area (Å²) in [6, 6.07) is 7.58. The lowest BCUT2D eigenvalue weighted by molar-refractivity contribution is -0.212. The molecule has 1 aromatic heterocycles. The van der Waals surface area contributed by atoms with Crippen molar-refractivity contribution in [2.24, 2.45) is 7.05 Å². The van der Waals surface area contributed by atoms with Crippen LogP contribution in [0.1, 0.15) is 5.56 Å². The minimum absolute atomic E-state index is 0.260. The first kappa shape index (κ1) is 10.7. The fourth-order valence-electron chi connectivity index (χ4n) is 2.67. The van der Waals surface area contributed by atoms with E-state index in [2.05, 4.69) is 15.7 Å². The molecule has 1 fully saturated rings. The van der Waals surface area contributed by atoms with Crippen LogP contribution in [0.25, 0.3) is 0 Å². The Morgan fingerprint density at radius 2 is 2.05 bits per heavy atom. The van der Waals surface area contributed by atoms with Crippen LogP contribution in [0, 0.1) is 0 Å². The number of aromatic nitrogens is 2. The van der Waals surface area contributed by atoms with Gasteiger partial charge in [-0.2, -0.15) is 0 Å². The maximum absolute atomic E-state index is 12.0. The van der Waals surface area contributed by atoms with Gasteiger partial charge in [-0.15, -0.1) is 5.10 Å². The third-order valence-electron chi connectivity index (χ3n) is 3.50. The molecule has 0 saturated carbocycles.